The summed E-state index contributed by atoms with van der Waals surface area (Å²) in [6.45, 7) is 10.4. The van der Waals surface area contributed by atoms with E-state index in [-0.39, 0.29) is 11.5 Å². The smallest absolute Gasteiger partial charge is 0.159 e. The van der Waals surface area contributed by atoms with Crippen molar-refractivity contribution in [3.05, 3.63) is 12.1 Å². The zero-order valence-electron chi connectivity index (χ0n) is 11.5. The van der Waals surface area contributed by atoms with E-state index in [0.29, 0.717) is 12.1 Å². The van der Waals surface area contributed by atoms with Crippen LogP contribution in [0.2, 0.25) is 0 Å². The molecule has 1 aromatic rings. The van der Waals surface area contributed by atoms with Crippen molar-refractivity contribution in [1.82, 2.24) is 0 Å². The fourth-order valence-electron chi connectivity index (χ4n) is 2.54. The monoisotopic (exact) mass is 250 g/mol. The van der Waals surface area contributed by atoms with Gasteiger partial charge in [0.15, 0.2) is 11.5 Å². The van der Waals surface area contributed by atoms with E-state index < -0.39 is 0 Å². The average molecular weight is 250 g/mol. The first-order valence-electron chi connectivity index (χ1n) is 6.51. The van der Waals surface area contributed by atoms with Crippen LogP contribution in [0.1, 0.15) is 27.7 Å². The number of benzene rings is 1. The summed E-state index contributed by atoms with van der Waals surface area (Å²) in [5.41, 5.74) is 2.00. The Morgan fingerprint density at radius 2 is 1.17 bits per heavy atom. The van der Waals surface area contributed by atoms with E-state index in [1.807, 2.05) is 0 Å². The van der Waals surface area contributed by atoms with Gasteiger partial charge >= 0.3 is 0 Å². The molecule has 2 N–H and O–H groups in total. The van der Waals surface area contributed by atoms with E-state index >= 15 is 0 Å². The topological polar surface area (TPSA) is 46.9 Å². The van der Waals surface area contributed by atoms with Crippen molar-refractivity contribution in [1.29, 1.82) is 0 Å². The van der Waals surface area contributed by atoms with Gasteiger partial charge < -0.3 is 20.0 Å². The van der Waals surface area contributed by atoms with Crippen LogP contribution in [-0.2, 0) is 0 Å². The highest BCUT2D eigenvalue weighted by Crippen LogP contribution is 2.42. The molecule has 0 aromatic heterocycles. The Hall–Kier alpha value is -1.58. The van der Waals surface area contributed by atoms with E-state index in [1.54, 1.807) is 12.1 Å². The second kappa shape index (κ2) is 4.59. The molecule has 0 fully saturated rings. The maximum absolute atomic E-state index is 9.70. The molecule has 0 spiro atoms. The number of anilines is 2. The van der Waals surface area contributed by atoms with Crippen LogP contribution in [0.4, 0.5) is 11.4 Å². The molecule has 18 heavy (non-hydrogen) atoms. The van der Waals surface area contributed by atoms with Crippen molar-refractivity contribution in [2.45, 2.75) is 39.8 Å². The molecule has 4 nitrogen and oxygen atoms in total. The predicted octanol–water partition coefficient (Wildman–Crippen LogP) is 2.54. The SMILES string of the molecule is CC(C)N1CCN(C(C)C)c2cc(O)c(O)cc21. The fraction of sp³-hybridized carbons (Fsp3) is 0.571. The van der Waals surface area contributed by atoms with Gasteiger partial charge in [0.25, 0.3) is 0 Å². The Bertz CT molecular complexity index is 403. The molecule has 1 aliphatic rings. The molecule has 0 atom stereocenters. The van der Waals surface area contributed by atoms with Gasteiger partial charge in [0.2, 0.25) is 0 Å². The van der Waals surface area contributed by atoms with Gasteiger partial charge in [-0.2, -0.15) is 0 Å². The summed E-state index contributed by atoms with van der Waals surface area (Å²) in [6, 6.07) is 4.09. The van der Waals surface area contributed by atoms with Gasteiger partial charge in [-0.15, -0.1) is 0 Å². The van der Waals surface area contributed by atoms with Crippen molar-refractivity contribution in [2.75, 3.05) is 22.9 Å². The number of rotatable bonds is 2. The van der Waals surface area contributed by atoms with Gasteiger partial charge in [-0.1, -0.05) is 0 Å². The van der Waals surface area contributed by atoms with Crippen LogP contribution >= 0.6 is 0 Å². The molecule has 2 rings (SSSR count). The molecular formula is C14H22N2O2. The lowest BCUT2D eigenvalue weighted by Crippen LogP contribution is -2.46. The van der Waals surface area contributed by atoms with E-state index in [9.17, 15) is 10.2 Å². The van der Waals surface area contributed by atoms with Crippen LogP contribution in [-0.4, -0.2) is 35.4 Å². The Morgan fingerprint density at radius 1 is 0.833 bits per heavy atom. The van der Waals surface area contributed by atoms with Crippen molar-refractivity contribution in [3.63, 3.8) is 0 Å². The van der Waals surface area contributed by atoms with Gasteiger partial charge in [0.1, 0.15) is 0 Å². The summed E-state index contributed by atoms with van der Waals surface area (Å²) in [7, 11) is 0. The molecule has 0 unspecified atom stereocenters. The minimum Gasteiger partial charge on any atom is -0.504 e. The number of nitrogens with zero attached hydrogens (tertiary/aromatic N) is 2. The first-order chi connectivity index (χ1) is 8.41. The lowest BCUT2D eigenvalue weighted by Gasteiger charge is -2.42. The van der Waals surface area contributed by atoms with Crippen LogP contribution in [0.3, 0.4) is 0 Å². The quantitative estimate of drug-likeness (QED) is 0.792. The highest BCUT2D eigenvalue weighted by molar-refractivity contribution is 5.78. The Balaban J connectivity index is 2.53. The summed E-state index contributed by atoms with van der Waals surface area (Å²) < 4.78 is 0. The molecule has 1 aliphatic heterocycles. The summed E-state index contributed by atoms with van der Waals surface area (Å²) >= 11 is 0. The van der Waals surface area contributed by atoms with Crippen LogP contribution in [0.5, 0.6) is 11.5 Å². The largest absolute Gasteiger partial charge is 0.504 e. The van der Waals surface area contributed by atoms with Crippen LogP contribution in [0.25, 0.3) is 0 Å². The maximum Gasteiger partial charge on any atom is 0.159 e. The molecule has 0 saturated carbocycles. The predicted molar refractivity (Wildman–Crippen MR) is 74.7 cm³/mol. The van der Waals surface area contributed by atoms with Gasteiger partial charge in [-0.25, -0.2) is 0 Å². The van der Waals surface area contributed by atoms with E-state index in [4.69, 9.17) is 0 Å². The molecule has 0 aliphatic carbocycles. The molecular weight excluding hydrogens is 228 g/mol. The van der Waals surface area contributed by atoms with Crippen molar-refractivity contribution in [3.8, 4) is 11.5 Å². The average Bonchev–Trinajstić information content (AvgIpc) is 2.28. The summed E-state index contributed by atoms with van der Waals surface area (Å²) in [5.74, 6) is -0.102. The van der Waals surface area contributed by atoms with Crippen molar-refractivity contribution >= 4 is 11.4 Å². The third kappa shape index (κ3) is 2.07. The van der Waals surface area contributed by atoms with Crippen molar-refractivity contribution < 1.29 is 10.2 Å². The van der Waals surface area contributed by atoms with E-state index in [0.717, 1.165) is 24.5 Å². The summed E-state index contributed by atoms with van der Waals surface area (Å²) in [5, 5.41) is 19.4. The highest BCUT2D eigenvalue weighted by Gasteiger charge is 2.27. The van der Waals surface area contributed by atoms with Gasteiger partial charge in [0, 0.05) is 37.3 Å². The number of fused-ring (bicyclic) bond motifs is 1. The number of hydrogen-bond acceptors (Lipinski definition) is 4. The number of hydrogen-bond donors (Lipinski definition) is 2. The van der Waals surface area contributed by atoms with Gasteiger partial charge in [-0.3, -0.25) is 0 Å². The molecule has 0 saturated heterocycles. The zero-order valence-corrected chi connectivity index (χ0v) is 11.5. The molecule has 0 radical (unpaired) electrons. The van der Waals surface area contributed by atoms with Gasteiger partial charge in [-0.05, 0) is 27.7 Å². The lowest BCUT2D eigenvalue weighted by atomic mass is 10.1. The molecule has 0 bridgehead atoms. The van der Waals surface area contributed by atoms with Gasteiger partial charge in [0.05, 0.1) is 11.4 Å². The van der Waals surface area contributed by atoms with Crippen molar-refractivity contribution in [2.24, 2.45) is 0 Å². The van der Waals surface area contributed by atoms with E-state index in [2.05, 4.69) is 37.5 Å². The molecule has 0 amide bonds. The standard InChI is InChI=1S/C14H22N2O2/c1-9(2)15-5-6-16(10(3)4)12-8-14(18)13(17)7-11(12)15/h7-10,17-18H,5-6H2,1-4H3. The highest BCUT2D eigenvalue weighted by atomic mass is 16.3. The third-order valence-corrected chi connectivity index (χ3v) is 3.52. The normalized spacial score (nSPS) is 15.4. The molecule has 1 heterocycles. The molecule has 4 heteroatoms. The lowest BCUT2D eigenvalue weighted by molar-refractivity contribution is 0.403. The fourth-order valence-corrected chi connectivity index (χ4v) is 2.54. The number of aromatic hydroxyl groups is 2. The third-order valence-electron chi connectivity index (χ3n) is 3.52. The summed E-state index contributed by atoms with van der Waals surface area (Å²) in [6.07, 6.45) is 0. The second-order valence-corrected chi connectivity index (χ2v) is 5.40. The Labute approximate surface area is 108 Å². The number of phenols is 2. The second-order valence-electron chi connectivity index (χ2n) is 5.40. The van der Waals surface area contributed by atoms with Crippen LogP contribution in [0, 0.1) is 0 Å². The zero-order chi connectivity index (χ0) is 13.4. The van der Waals surface area contributed by atoms with E-state index in [1.165, 1.54) is 0 Å². The van der Waals surface area contributed by atoms with Crippen LogP contribution in [0.15, 0.2) is 12.1 Å². The Morgan fingerprint density at radius 3 is 1.44 bits per heavy atom. The maximum atomic E-state index is 9.70. The molecule has 100 valence electrons. The minimum atomic E-state index is -0.0509. The molecule has 1 aromatic carbocycles. The first-order valence-corrected chi connectivity index (χ1v) is 6.51. The number of phenolic OH excluding ortho intramolecular Hbond substituents is 2. The summed E-state index contributed by atoms with van der Waals surface area (Å²) in [4.78, 5) is 4.51. The minimum absolute atomic E-state index is 0.0509. The van der Waals surface area contributed by atoms with Crippen LogP contribution < -0.4 is 9.80 Å². The first kappa shape index (κ1) is 12.9. The Kier molecular flexibility index (Phi) is 3.28.